The quantitative estimate of drug-likeness (QED) is 0.416. The van der Waals surface area contributed by atoms with Crippen LogP contribution in [0.1, 0.15) is 48.2 Å². The zero-order valence-corrected chi connectivity index (χ0v) is 21.1. The highest BCUT2D eigenvalue weighted by molar-refractivity contribution is 7.92. The average Bonchev–Trinajstić information content (AvgIpc) is 2.83. The third-order valence-electron chi connectivity index (χ3n) is 5.40. The number of nitrogens with zero attached hydrogens (tertiary/aromatic N) is 1. The molecule has 0 saturated carbocycles. The van der Waals surface area contributed by atoms with Crippen molar-refractivity contribution in [3.05, 3.63) is 89.5 Å². The van der Waals surface area contributed by atoms with E-state index in [9.17, 15) is 18.0 Å². The average molecular weight is 495 g/mol. The maximum Gasteiger partial charge on any atom is 0.338 e. The Kier molecular flexibility index (Phi) is 8.30. The lowest BCUT2D eigenvalue weighted by Crippen LogP contribution is -2.38. The number of sulfonamides is 1. The van der Waals surface area contributed by atoms with E-state index in [4.69, 9.17) is 4.74 Å². The van der Waals surface area contributed by atoms with Gasteiger partial charge in [-0.15, -0.1) is 0 Å². The fraction of sp³-hybridized carbons (Fsp3) is 0.259. The van der Waals surface area contributed by atoms with Crippen molar-refractivity contribution in [2.75, 3.05) is 22.8 Å². The van der Waals surface area contributed by atoms with Crippen LogP contribution in [-0.4, -0.2) is 33.4 Å². The number of amides is 1. The molecule has 7 nitrogen and oxygen atoms in total. The van der Waals surface area contributed by atoms with Gasteiger partial charge >= 0.3 is 5.97 Å². The first-order chi connectivity index (χ1) is 16.6. The molecule has 0 radical (unpaired) electrons. The number of rotatable bonds is 9. The first-order valence-electron chi connectivity index (χ1n) is 11.4. The standard InChI is InChI=1S/C27H30N2O5S/c1-5-34-27(31)22-7-6-8-23(17-22)28-26(30)18-29(24-13-11-21(12-14-24)19(2)3)35(32,33)25-15-9-20(4)10-16-25/h6-17,19H,5,18H2,1-4H3,(H,28,30). The first kappa shape index (κ1) is 26.0. The number of anilines is 2. The second-order valence-electron chi connectivity index (χ2n) is 8.42. The van der Waals surface area contributed by atoms with E-state index < -0.39 is 28.4 Å². The van der Waals surface area contributed by atoms with Crippen LogP contribution in [-0.2, 0) is 19.6 Å². The molecule has 1 amide bonds. The molecule has 35 heavy (non-hydrogen) atoms. The smallest absolute Gasteiger partial charge is 0.338 e. The molecule has 0 aliphatic rings. The summed E-state index contributed by atoms with van der Waals surface area (Å²) >= 11 is 0. The summed E-state index contributed by atoms with van der Waals surface area (Å²) in [6, 6.07) is 19.9. The van der Waals surface area contributed by atoms with E-state index in [0.717, 1.165) is 15.4 Å². The Morgan fingerprint density at radius 2 is 1.63 bits per heavy atom. The number of hydrogen-bond acceptors (Lipinski definition) is 5. The molecule has 0 atom stereocenters. The van der Waals surface area contributed by atoms with Crippen molar-refractivity contribution in [2.24, 2.45) is 0 Å². The molecular weight excluding hydrogens is 464 g/mol. The molecule has 0 spiro atoms. The molecule has 0 bridgehead atoms. The maximum atomic E-state index is 13.6. The van der Waals surface area contributed by atoms with Crippen LogP contribution in [0, 0.1) is 6.92 Å². The molecule has 0 heterocycles. The normalized spacial score (nSPS) is 11.2. The fourth-order valence-corrected chi connectivity index (χ4v) is 4.87. The minimum Gasteiger partial charge on any atom is -0.462 e. The Morgan fingerprint density at radius 3 is 2.23 bits per heavy atom. The summed E-state index contributed by atoms with van der Waals surface area (Å²) < 4.78 is 33.2. The van der Waals surface area contributed by atoms with E-state index in [1.807, 2.05) is 32.9 Å². The summed E-state index contributed by atoms with van der Waals surface area (Å²) in [5.41, 5.74) is 3.02. The number of carbonyl (C=O) groups excluding carboxylic acids is 2. The summed E-state index contributed by atoms with van der Waals surface area (Å²) in [6.45, 7) is 7.47. The number of nitrogens with one attached hydrogen (secondary N) is 1. The molecule has 0 fully saturated rings. The highest BCUT2D eigenvalue weighted by Crippen LogP contribution is 2.26. The van der Waals surface area contributed by atoms with Gasteiger partial charge in [-0.2, -0.15) is 0 Å². The van der Waals surface area contributed by atoms with Crippen LogP contribution < -0.4 is 9.62 Å². The van der Waals surface area contributed by atoms with E-state index in [1.165, 1.54) is 18.2 Å². The van der Waals surface area contributed by atoms with Gasteiger partial charge in [0.05, 0.1) is 22.8 Å². The van der Waals surface area contributed by atoms with Crippen LogP contribution in [0.5, 0.6) is 0 Å². The lowest BCUT2D eigenvalue weighted by Gasteiger charge is -2.24. The van der Waals surface area contributed by atoms with Crippen molar-refractivity contribution >= 4 is 33.3 Å². The highest BCUT2D eigenvalue weighted by Gasteiger charge is 2.27. The lowest BCUT2D eigenvalue weighted by molar-refractivity contribution is -0.114. The number of benzene rings is 3. The number of hydrogen-bond donors (Lipinski definition) is 1. The molecule has 0 unspecified atom stereocenters. The Labute approximate surface area is 206 Å². The Hall–Kier alpha value is -3.65. The van der Waals surface area contributed by atoms with Crippen LogP contribution >= 0.6 is 0 Å². The molecule has 8 heteroatoms. The van der Waals surface area contributed by atoms with Crippen molar-refractivity contribution < 1.29 is 22.7 Å². The summed E-state index contributed by atoms with van der Waals surface area (Å²) in [5.74, 6) is -0.770. The fourth-order valence-electron chi connectivity index (χ4n) is 3.45. The predicted octanol–water partition coefficient (Wildman–Crippen LogP) is 5.13. The third-order valence-corrected chi connectivity index (χ3v) is 7.19. The van der Waals surface area contributed by atoms with Crippen molar-refractivity contribution in [2.45, 2.75) is 38.5 Å². The molecule has 0 saturated heterocycles. The van der Waals surface area contributed by atoms with E-state index in [-0.39, 0.29) is 23.0 Å². The van der Waals surface area contributed by atoms with Gasteiger partial charge in [0.25, 0.3) is 10.0 Å². The zero-order chi connectivity index (χ0) is 25.6. The second-order valence-corrected chi connectivity index (χ2v) is 10.3. The monoisotopic (exact) mass is 494 g/mol. The molecule has 184 valence electrons. The van der Waals surface area contributed by atoms with Crippen molar-refractivity contribution in [3.8, 4) is 0 Å². The van der Waals surface area contributed by atoms with E-state index in [1.54, 1.807) is 49.4 Å². The molecule has 0 aliphatic carbocycles. The Bertz CT molecular complexity index is 1280. The van der Waals surface area contributed by atoms with Crippen molar-refractivity contribution in [3.63, 3.8) is 0 Å². The van der Waals surface area contributed by atoms with Gasteiger partial charge in [-0.3, -0.25) is 9.10 Å². The number of esters is 1. The van der Waals surface area contributed by atoms with Crippen molar-refractivity contribution in [1.29, 1.82) is 0 Å². The first-order valence-corrected chi connectivity index (χ1v) is 12.8. The van der Waals surface area contributed by atoms with Gasteiger partial charge in [-0.05, 0) is 67.8 Å². The van der Waals surface area contributed by atoms with Gasteiger partial charge in [0.15, 0.2) is 0 Å². The molecular formula is C27H30N2O5S. The highest BCUT2D eigenvalue weighted by atomic mass is 32.2. The summed E-state index contributed by atoms with van der Waals surface area (Å²) in [5, 5.41) is 2.69. The molecule has 1 N–H and O–H groups in total. The predicted molar refractivity (Wildman–Crippen MR) is 137 cm³/mol. The molecule has 3 aromatic carbocycles. The van der Waals surface area contributed by atoms with Gasteiger partial charge in [0.2, 0.25) is 5.91 Å². The maximum absolute atomic E-state index is 13.6. The van der Waals surface area contributed by atoms with Gasteiger partial charge < -0.3 is 10.1 Å². The molecule has 3 rings (SSSR count). The van der Waals surface area contributed by atoms with Crippen LogP contribution in [0.25, 0.3) is 0 Å². The Balaban J connectivity index is 1.91. The van der Waals surface area contributed by atoms with E-state index in [2.05, 4.69) is 5.32 Å². The SMILES string of the molecule is CCOC(=O)c1cccc(NC(=O)CN(c2ccc(C(C)C)cc2)S(=O)(=O)c2ccc(C)cc2)c1. The number of aryl methyl sites for hydroxylation is 1. The molecule has 0 aromatic heterocycles. The summed E-state index contributed by atoms with van der Waals surface area (Å²) in [7, 11) is -4.02. The summed E-state index contributed by atoms with van der Waals surface area (Å²) in [4.78, 5) is 25.1. The lowest BCUT2D eigenvalue weighted by atomic mass is 10.0. The van der Waals surface area contributed by atoms with Gasteiger partial charge in [0.1, 0.15) is 6.54 Å². The van der Waals surface area contributed by atoms with Crippen LogP contribution in [0.4, 0.5) is 11.4 Å². The minimum absolute atomic E-state index is 0.0909. The Morgan fingerprint density at radius 1 is 0.971 bits per heavy atom. The summed E-state index contributed by atoms with van der Waals surface area (Å²) in [6.07, 6.45) is 0. The van der Waals surface area contributed by atoms with Crippen LogP contribution in [0.15, 0.2) is 77.7 Å². The number of carbonyl (C=O) groups is 2. The minimum atomic E-state index is -4.02. The van der Waals surface area contributed by atoms with E-state index in [0.29, 0.717) is 11.4 Å². The third kappa shape index (κ3) is 6.48. The molecule has 0 aliphatic heterocycles. The zero-order valence-electron chi connectivity index (χ0n) is 20.3. The number of ether oxygens (including phenoxy) is 1. The topological polar surface area (TPSA) is 92.8 Å². The van der Waals surface area contributed by atoms with Crippen molar-refractivity contribution in [1.82, 2.24) is 0 Å². The van der Waals surface area contributed by atoms with Crippen LogP contribution in [0.2, 0.25) is 0 Å². The van der Waals surface area contributed by atoms with Crippen LogP contribution in [0.3, 0.4) is 0 Å². The largest absolute Gasteiger partial charge is 0.462 e. The second kappa shape index (κ2) is 11.2. The van der Waals surface area contributed by atoms with Gasteiger partial charge in [-0.25, -0.2) is 13.2 Å². The van der Waals surface area contributed by atoms with Gasteiger partial charge in [-0.1, -0.05) is 49.7 Å². The van der Waals surface area contributed by atoms with Gasteiger partial charge in [0, 0.05) is 5.69 Å². The van der Waals surface area contributed by atoms with E-state index >= 15 is 0 Å². The molecule has 3 aromatic rings.